The molecule has 1 aromatic heterocycles. The number of carbonyl (C=O) groups excluding carboxylic acids is 1. The number of rotatable bonds is 3. The minimum Gasteiger partial charge on any atom is -0.396 e. The van der Waals surface area contributed by atoms with E-state index in [2.05, 4.69) is 10.3 Å². The molecule has 1 saturated carbocycles. The molecule has 0 atom stereocenters. The summed E-state index contributed by atoms with van der Waals surface area (Å²) in [7, 11) is 0. The molecule has 1 aliphatic carbocycles. The summed E-state index contributed by atoms with van der Waals surface area (Å²) in [5.41, 5.74) is 8.93. The lowest BCUT2D eigenvalue weighted by Gasteiger charge is -2.11. The molecule has 0 aliphatic heterocycles. The van der Waals surface area contributed by atoms with Crippen LogP contribution in [0.4, 0.5) is 11.4 Å². The van der Waals surface area contributed by atoms with Gasteiger partial charge in [0.1, 0.15) is 0 Å². The maximum atomic E-state index is 12.9. The average Bonchev–Trinajstić information content (AvgIpc) is 3.43. The maximum Gasteiger partial charge on any atom is 0.256 e. The average molecular weight is 372 g/mol. The van der Waals surface area contributed by atoms with Crippen molar-refractivity contribution in [3.05, 3.63) is 63.8 Å². The topological polar surface area (TPSA) is 68.0 Å². The number of benzene rings is 2. The molecular weight excluding hydrogens is 357 g/mol. The van der Waals surface area contributed by atoms with Gasteiger partial charge in [-0.25, -0.2) is 0 Å². The monoisotopic (exact) mass is 371 g/mol. The number of anilines is 2. The number of aromatic nitrogens is 1. The second-order valence-electron chi connectivity index (χ2n) is 6.19. The van der Waals surface area contributed by atoms with Crippen LogP contribution in [0.5, 0.6) is 0 Å². The van der Waals surface area contributed by atoms with Crippen molar-refractivity contribution in [3.8, 4) is 0 Å². The molecule has 3 N–H and O–H groups in total. The molecular formula is C19H15Cl2N3O. The highest BCUT2D eigenvalue weighted by Crippen LogP contribution is 2.40. The van der Waals surface area contributed by atoms with E-state index in [1.54, 1.807) is 12.1 Å². The van der Waals surface area contributed by atoms with Gasteiger partial charge < -0.3 is 11.1 Å². The van der Waals surface area contributed by atoms with Crippen LogP contribution in [-0.2, 0) is 0 Å². The summed E-state index contributed by atoms with van der Waals surface area (Å²) >= 11 is 12.1. The fraction of sp³-hybridized carbons (Fsp3) is 0.158. The van der Waals surface area contributed by atoms with Crippen molar-refractivity contribution in [1.29, 1.82) is 0 Å². The number of nitrogens with one attached hydrogen (secondary N) is 1. The molecule has 1 aliphatic rings. The summed E-state index contributed by atoms with van der Waals surface area (Å²) in [6.07, 6.45) is 2.24. The minimum absolute atomic E-state index is 0.225. The Morgan fingerprint density at radius 3 is 2.48 bits per heavy atom. The van der Waals surface area contributed by atoms with Crippen molar-refractivity contribution in [3.63, 3.8) is 0 Å². The highest BCUT2D eigenvalue weighted by molar-refractivity contribution is 6.39. The third kappa shape index (κ3) is 3.15. The number of halogens is 2. The van der Waals surface area contributed by atoms with Gasteiger partial charge in [0.05, 0.1) is 26.8 Å². The Morgan fingerprint density at radius 1 is 1.12 bits per heavy atom. The second-order valence-corrected chi connectivity index (χ2v) is 7.01. The van der Waals surface area contributed by atoms with Crippen LogP contribution in [0.2, 0.25) is 10.0 Å². The lowest BCUT2D eigenvalue weighted by atomic mass is 10.1. The van der Waals surface area contributed by atoms with Crippen molar-refractivity contribution in [2.75, 3.05) is 11.1 Å². The fourth-order valence-electron chi connectivity index (χ4n) is 2.83. The van der Waals surface area contributed by atoms with Crippen LogP contribution in [0.1, 0.15) is 34.8 Å². The van der Waals surface area contributed by atoms with Crippen molar-refractivity contribution in [1.82, 2.24) is 4.98 Å². The molecule has 0 bridgehead atoms. The SMILES string of the molecule is Nc1c(Cl)cc(NC(=O)c2cc(C3CC3)nc3ccccc23)cc1Cl. The minimum atomic E-state index is -0.225. The third-order valence-electron chi connectivity index (χ3n) is 4.31. The zero-order valence-corrected chi connectivity index (χ0v) is 14.7. The third-order valence-corrected chi connectivity index (χ3v) is 4.94. The molecule has 6 heteroatoms. The van der Waals surface area contributed by atoms with Gasteiger partial charge in [-0.1, -0.05) is 41.4 Å². The molecule has 3 aromatic rings. The predicted molar refractivity (Wildman–Crippen MR) is 103 cm³/mol. The van der Waals surface area contributed by atoms with Crippen molar-refractivity contribution in [2.45, 2.75) is 18.8 Å². The van der Waals surface area contributed by atoms with E-state index in [1.165, 1.54) is 0 Å². The zero-order valence-electron chi connectivity index (χ0n) is 13.2. The number of nitrogens with two attached hydrogens (primary N) is 1. The van der Waals surface area contributed by atoms with E-state index in [1.807, 2.05) is 30.3 Å². The number of hydrogen-bond acceptors (Lipinski definition) is 3. The molecule has 4 nitrogen and oxygen atoms in total. The molecule has 0 unspecified atom stereocenters. The van der Waals surface area contributed by atoms with Gasteiger partial charge in [-0.2, -0.15) is 0 Å². The molecule has 126 valence electrons. The van der Waals surface area contributed by atoms with Crippen molar-refractivity contribution < 1.29 is 4.79 Å². The first kappa shape index (κ1) is 16.2. The summed E-state index contributed by atoms with van der Waals surface area (Å²) in [6.45, 7) is 0. The first-order valence-electron chi connectivity index (χ1n) is 7.98. The number of fused-ring (bicyclic) bond motifs is 1. The van der Waals surface area contributed by atoms with Crippen molar-refractivity contribution in [2.24, 2.45) is 0 Å². The van der Waals surface area contributed by atoms with Crippen LogP contribution >= 0.6 is 23.2 Å². The summed E-state index contributed by atoms with van der Waals surface area (Å²) in [4.78, 5) is 17.6. The van der Waals surface area contributed by atoms with E-state index >= 15 is 0 Å². The molecule has 0 radical (unpaired) electrons. The Hall–Kier alpha value is -2.30. The largest absolute Gasteiger partial charge is 0.396 e. The molecule has 25 heavy (non-hydrogen) atoms. The Balaban J connectivity index is 1.74. The van der Waals surface area contributed by atoms with Gasteiger partial charge in [0.25, 0.3) is 5.91 Å². The van der Waals surface area contributed by atoms with E-state index < -0.39 is 0 Å². The zero-order chi connectivity index (χ0) is 17.6. The standard InChI is InChI=1S/C19H15Cl2N3O/c20-14-7-11(8-15(21)18(14)22)23-19(25)13-9-17(10-5-6-10)24-16-4-2-1-3-12(13)16/h1-4,7-10H,5-6,22H2,(H,23,25). The Kier molecular flexibility index (Phi) is 4.02. The highest BCUT2D eigenvalue weighted by Gasteiger charge is 2.27. The van der Waals surface area contributed by atoms with Crippen LogP contribution in [0.3, 0.4) is 0 Å². The van der Waals surface area contributed by atoms with Crippen LogP contribution in [0.25, 0.3) is 10.9 Å². The molecule has 2 aromatic carbocycles. The molecule has 1 fully saturated rings. The van der Waals surface area contributed by atoms with E-state index in [-0.39, 0.29) is 5.91 Å². The first-order chi connectivity index (χ1) is 12.0. The fourth-order valence-corrected chi connectivity index (χ4v) is 3.31. The van der Waals surface area contributed by atoms with Gasteiger partial charge in [0.15, 0.2) is 0 Å². The van der Waals surface area contributed by atoms with Crippen LogP contribution < -0.4 is 11.1 Å². The Labute approximate surface area is 155 Å². The van der Waals surface area contributed by atoms with Crippen LogP contribution in [0, 0.1) is 0 Å². The molecule has 4 rings (SSSR count). The Bertz CT molecular complexity index is 976. The normalized spacial score (nSPS) is 13.8. The quantitative estimate of drug-likeness (QED) is 0.617. The van der Waals surface area contributed by atoms with E-state index in [4.69, 9.17) is 28.9 Å². The van der Waals surface area contributed by atoms with Gasteiger partial charge in [0, 0.05) is 22.7 Å². The van der Waals surface area contributed by atoms with Gasteiger partial charge in [-0.3, -0.25) is 9.78 Å². The highest BCUT2D eigenvalue weighted by atomic mass is 35.5. The molecule has 0 spiro atoms. The van der Waals surface area contributed by atoms with Crippen LogP contribution in [-0.4, -0.2) is 10.9 Å². The lowest BCUT2D eigenvalue weighted by molar-refractivity contribution is 0.102. The number of nitrogens with zero attached hydrogens (tertiary/aromatic N) is 1. The van der Waals surface area contributed by atoms with Gasteiger partial charge in [-0.15, -0.1) is 0 Å². The van der Waals surface area contributed by atoms with Gasteiger partial charge in [0.2, 0.25) is 0 Å². The summed E-state index contributed by atoms with van der Waals surface area (Å²) in [5.74, 6) is 0.231. The number of nitrogen functional groups attached to an aromatic ring is 1. The molecule has 0 saturated heterocycles. The Morgan fingerprint density at radius 2 is 1.80 bits per heavy atom. The smallest absolute Gasteiger partial charge is 0.256 e. The number of hydrogen-bond donors (Lipinski definition) is 2. The maximum absolute atomic E-state index is 12.9. The van der Waals surface area contributed by atoms with E-state index in [0.29, 0.717) is 32.9 Å². The number of amides is 1. The van der Waals surface area contributed by atoms with Crippen molar-refractivity contribution >= 4 is 51.4 Å². The van der Waals surface area contributed by atoms with Crippen LogP contribution in [0.15, 0.2) is 42.5 Å². The number of carbonyl (C=O) groups is 1. The summed E-state index contributed by atoms with van der Waals surface area (Å²) in [5, 5.41) is 4.28. The van der Waals surface area contributed by atoms with Gasteiger partial charge >= 0.3 is 0 Å². The second kappa shape index (κ2) is 6.21. The molecule has 1 heterocycles. The number of para-hydroxylation sites is 1. The predicted octanol–water partition coefficient (Wildman–Crippen LogP) is 5.25. The summed E-state index contributed by atoms with van der Waals surface area (Å²) < 4.78 is 0. The molecule has 1 amide bonds. The van der Waals surface area contributed by atoms with E-state index in [9.17, 15) is 4.79 Å². The summed E-state index contributed by atoms with van der Waals surface area (Å²) in [6, 6.07) is 12.7. The van der Waals surface area contributed by atoms with Gasteiger partial charge in [-0.05, 0) is 37.1 Å². The first-order valence-corrected chi connectivity index (χ1v) is 8.74. The number of pyridine rings is 1. The lowest BCUT2D eigenvalue weighted by Crippen LogP contribution is -2.13. The van der Waals surface area contributed by atoms with E-state index in [0.717, 1.165) is 29.4 Å².